The first-order valence-electron chi connectivity index (χ1n) is 4.66. The molecule has 8 heteroatoms. The van der Waals surface area contributed by atoms with Crippen LogP contribution in [0.15, 0.2) is 0 Å². The third kappa shape index (κ3) is 17.7. The van der Waals surface area contributed by atoms with Crippen molar-refractivity contribution in [1.29, 1.82) is 0 Å². The monoisotopic (exact) mass is 295 g/mol. The molecule has 0 aromatic carbocycles. The minimum atomic E-state index is -1.66. The fourth-order valence-electron chi connectivity index (χ4n) is 0.810. The molecule has 0 spiro atoms. The van der Waals surface area contributed by atoms with Crippen LogP contribution in [0.25, 0.3) is 0 Å². The van der Waals surface area contributed by atoms with Crippen LogP contribution >= 0.6 is 21.6 Å². The summed E-state index contributed by atoms with van der Waals surface area (Å²) in [6.07, 6.45) is 2.96. The topological polar surface area (TPSA) is 74.6 Å². The van der Waals surface area contributed by atoms with E-state index in [-0.39, 0.29) is 36.0 Å². The Hall–Kier alpha value is 1.28. The molecule has 0 amide bonds. The van der Waals surface area contributed by atoms with Gasteiger partial charge in [-0.2, -0.15) is 0 Å². The number of unbranched alkanes of at least 4 members (excludes halogenated alkanes) is 2. The Balaban J connectivity index is 0. The van der Waals surface area contributed by atoms with Crippen molar-refractivity contribution in [3.63, 3.8) is 0 Å². The summed E-state index contributed by atoms with van der Waals surface area (Å²) in [5.41, 5.74) is 0. The van der Waals surface area contributed by atoms with E-state index >= 15 is 0 Å². The maximum Gasteiger partial charge on any atom is 1.00 e. The van der Waals surface area contributed by atoms with E-state index in [2.05, 4.69) is 0 Å². The molecule has 0 saturated heterocycles. The van der Waals surface area contributed by atoms with E-state index < -0.39 is 17.0 Å². The molecule has 0 aliphatic heterocycles. The molecular weight excluding hydrogens is 279 g/mol. The molecule has 16 heavy (non-hydrogen) atoms. The van der Waals surface area contributed by atoms with Crippen molar-refractivity contribution in [1.82, 2.24) is 0 Å². The summed E-state index contributed by atoms with van der Waals surface area (Å²) in [5.74, 6) is 1.22. The van der Waals surface area contributed by atoms with Crippen molar-refractivity contribution in [2.75, 3.05) is 17.3 Å². The molecule has 0 rings (SSSR count). The molecule has 4 nitrogen and oxygen atoms in total. The van der Waals surface area contributed by atoms with Crippen LogP contribution in [0.1, 0.15) is 25.7 Å². The van der Waals surface area contributed by atoms with Crippen LogP contribution < -0.4 is 29.6 Å². The average molecular weight is 295 g/mol. The predicted octanol–water partition coefficient (Wildman–Crippen LogP) is -0.761. The molecule has 0 aliphatic rings. The summed E-state index contributed by atoms with van der Waals surface area (Å²) < 4.78 is 18.8. The Morgan fingerprint density at radius 2 is 1.75 bits per heavy atom. The van der Waals surface area contributed by atoms with Crippen LogP contribution in [-0.4, -0.2) is 37.1 Å². The largest absolute Gasteiger partial charge is 1.00 e. The van der Waals surface area contributed by atoms with E-state index in [9.17, 15) is 9.00 Å². The Labute approximate surface area is 129 Å². The predicted molar refractivity (Wildman–Crippen MR) is 66.7 cm³/mol. The van der Waals surface area contributed by atoms with Gasteiger partial charge < -0.3 is 9.66 Å². The van der Waals surface area contributed by atoms with E-state index in [1.54, 1.807) is 21.6 Å². The molecule has 0 aromatic heterocycles. The van der Waals surface area contributed by atoms with Gasteiger partial charge in [-0.25, -0.2) is 4.21 Å². The maximum atomic E-state index is 10.3. The molecule has 1 atom stereocenters. The Morgan fingerprint density at radius 1 is 1.12 bits per heavy atom. The van der Waals surface area contributed by atoms with Crippen molar-refractivity contribution >= 4 is 38.6 Å². The van der Waals surface area contributed by atoms with Gasteiger partial charge in [0.25, 0.3) is 0 Å². The summed E-state index contributed by atoms with van der Waals surface area (Å²) in [4.78, 5) is 10.2. The summed E-state index contributed by atoms with van der Waals surface area (Å²) in [6.45, 7) is 0. The third-order valence-corrected chi connectivity index (χ3v) is 4.66. The smallest absolute Gasteiger partial charge is 0.481 e. The van der Waals surface area contributed by atoms with E-state index in [1.165, 1.54) is 0 Å². The van der Waals surface area contributed by atoms with Gasteiger partial charge in [0, 0.05) is 17.3 Å². The number of aliphatic carboxylic acids is 1. The first-order valence-corrected chi connectivity index (χ1v) is 8.43. The molecular formula is C8H16NaO4S3+. The number of carboxylic acid groups (broad SMARTS) is 1. The summed E-state index contributed by atoms with van der Waals surface area (Å²) >= 11 is -1.66. The van der Waals surface area contributed by atoms with Gasteiger partial charge in [0.2, 0.25) is 0 Å². The van der Waals surface area contributed by atoms with Gasteiger partial charge in [-0.05, 0) is 12.8 Å². The van der Waals surface area contributed by atoms with Crippen LogP contribution in [0.5, 0.6) is 0 Å². The SMILES string of the molecule is O=C(O)CCSSCCCCCS(=O)O.[Na+]. The summed E-state index contributed by atoms with van der Waals surface area (Å²) in [7, 11) is 3.24. The first kappa shape index (κ1) is 19.6. The standard InChI is InChI=1S/C8H16O4S3.Na/c9-8(10)4-6-14-13-5-2-1-3-7-15(11)12;/h1-7H2,(H,9,10)(H,11,12);/q;+1. The number of hydrogen-bond donors (Lipinski definition) is 2. The number of carbonyl (C=O) groups is 1. The van der Waals surface area contributed by atoms with Gasteiger partial charge in [0.05, 0.1) is 6.42 Å². The van der Waals surface area contributed by atoms with Crippen LogP contribution in [0.2, 0.25) is 0 Å². The minimum Gasteiger partial charge on any atom is -0.481 e. The minimum absolute atomic E-state index is 0. The Kier molecular flexibility index (Phi) is 17.6. The van der Waals surface area contributed by atoms with Crippen molar-refractivity contribution in [2.24, 2.45) is 0 Å². The van der Waals surface area contributed by atoms with Crippen LogP contribution in [0, 0.1) is 0 Å². The molecule has 0 fully saturated rings. The molecule has 1 unspecified atom stereocenters. The molecule has 0 radical (unpaired) electrons. The fourth-order valence-corrected chi connectivity index (χ4v) is 3.39. The van der Waals surface area contributed by atoms with Gasteiger partial charge in [0.15, 0.2) is 11.1 Å². The molecule has 0 bridgehead atoms. The van der Waals surface area contributed by atoms with E-state index in [0.717, 1.165) is 25.0 Å². The molecule has 90 valence electrons. The molecule has 0 heterocycles. The maximum absolute atomic E-state index is 10.3. The second kappa shape index (κ2) is 14.3. The number of hydrogen-bond acceptors (Lipinski definition) is 4. The van der Waals surface area contributed by atoms with E-state index in [1.807, 2.05) is 0 Å². The molecule has 0 aromatic rings. The van der Waals surface area contributed by atoms with E-state index in [0.29, 0.717) is 11.5 Å². The van der Waals surface area contributed by atoms with Gasteiger partial charge in [0.1, 0.15) is 0 Å². The zero-order valence-electron chi connectivity index (χ0n) is 9.39. The zero-order chi connectivity index (χ0) is 11.5. The van der Waals surface area contributed by atoms with Crippen molar-refractivity contribution < 1.29 is 48.2 Å². The third-order valence-electron chi connectivity index (χ3n) is 1.53. The van der Waals surface area contributed by atoms with Crippen LogP contribution in [0.4, 0.5) is 0 Å². The van der Waals surface area contributed by atoms with Gasteiger partial charge in [-0.1, -0.05) is 28.0 Å². The Bertz CT molecular complexity index is 184. The number of rotatable bonds is 10. The zero-order valence-corrected chi connectivity index (χ0v) is 13.8. The van der Waals surface area contributed by atoms with Crippen molar-refractivity contribution in [3.8, 4) is 0 Å². The van der Waals surface area contributed by atoms with Gasteiger partial charge in [-0.3, -0.25) is 4.79 Å². The second-order valence-corrected chi connectivity index (χ2v) is 6.63. The molecule has 0 saturated carbocycles. The summed E-state index contributed by atoms with van der Waals surface area (Å²) in [6, 6.07) is 0. The Morgan fingerprint density at radius 3 is 2.31 bits per heavy atom. The average Bonchev–Trinajstić information content (AvgIpc) is 2.14. The van der Waals surface area contributed by atoms with Gasteiger partial charge >= 0.3 is 35.5 Å². The van der Waals surface area contributed by atoms with Gasteiger partial charge in [-0.15, -0.1) is 0 Å². The quantitative estimate of drug-likeness (QED) is 0.239. The summed E-state index contributed by atoms with van der Waals surface area (Å²) in [5, 5.41) is 8.36. The first-order chi connectivity index (χ1) is 7.13. The van der Waals surface area contributed by atoms with Crippen LogP contribution in [-0.2, 0) is 15.9 Å². The molecule has 0 aliphatic carbocycles. The van der Waals surface area contributed by atoms with Crippen LogP contribution in [0.3, 0.4) is 0 Å². The van der Waals surface area contributed by atoms with Crippen molar-refractivity contribution in [3.05, 3.63) is 0 Å². The number of carboxylic acids is 1. The van der Waals surface area contributed by atoms with Crippen molar-refractivity contribution in [2.45, 2.75) is 25.7 Å². The second-order valence-electron chi connectivity index (χ2n) is 2.87. The molecule has 2 N–H and O–H groups in total. The normalized spacial score (nSPS) is 11.8. The van der Waals surface area contributed by atoms with E-state index in [4.69, 9.17) is 9.66 Å². The fraction of sp³-hybridized carbons (Fsp3) is 0.875.